The van der Waals surface area contributed by atoms with Crippen LogP contribution in [0.15, 0.2) is 36.4 Å². The van der Waals surface area contributed by atoms with E-state index in [1.54, 1.807) is 22.1 Å². The molecule has 0 bridgehead atoms. The van der Waals surface area contributed by atoms with Crippen molar-refractivity contribution in [3.05, 3.63) is 58.4 Å². The summed E-state index contributed by atoms with van der Waals surface area (Å²) >= 11 is 1.55. The number of carbonyl (C=O) groups excluding carboxylic acids is 1. The number of carbonyl (C=O) groups is 1. The Kier molecular flexibility index (Phi) is 4.10. The van der Waals surface area contributed by atoms with Crippen molar-refractivity contribution in [1.29, 1.82) is 0 Å². The van der Waals surface area contributed by atoms with Crippen molar-refractivity contribution in [1.82, 2.24) is 19.7 Å². The van der Waals surface area contributed by atoms with Gasteiger partial charge in [-0.25, -0.2) is 9.67 Å². The van der Waals surface area contributed by atoms with E-state index in [2.05, 4.69) is 27.3 Å². The second-order valence-electron chi connectivity index (χ2n) is 6.25. The molecule has 0 aliphatic carbocycles. The molecule has 0 unspecified atom stereocenters. The summed E-state index contributed by atoms with van der Waals surface area (Å²) in [5.74, 6) is -0.225. The van der Waals surface area contributed by atoms with E-state index in [1.807, 2.05) is 37.3 Å². The molecule has 1 aliphatic rings. The van der Waals surface area contributed by atoms with E-state index in [4.69, 9.17) is 0 Å². The summed E-state index contributed by atoms with van der Waals surface area (Å²) in [7, 11) is 2.10. The molecule has 1 N–H and O–H groups in total. The van der Waals surface area contributed by atoms with Gasteiger partial charge in [0, 0.05) is 30.1 Å². The summed E-state index contributed by atoms with van der Waals surface area (Å²) < 4.78 is 1.77. The largest absolute Gasteiger partial charge is 0.301 e. The predicted octanol–water partition coefficient (Wildman–Crippen LogP) is 2.88. The summed E-state index contributed by atoms with van der Waals surface area (Å²) in [5, 5.41) is 7.99. The highest BCUT2D eigenvalue weighted by Gasteiger charge is 2.20. The molecule has 3 aromatic rings. The van der Waals surface area contributed by atoms with E-state index in [0.29, 0.717) is 10.8 Å². The van der Waals surface area contributed by atoms with Crippen LogP contribution in [-0.4, -0.2) is 39.2 Å². The number of nitrogens with one attached hydrogen (secondary N) is 1. The maximum Gasteiger partial charge on any atom is 0.277 e. The van der Waals surface area contributed by atoms with Crippen molar-refractivity contribution < 1.29 is 4.79 Å². The number of amides is 1. The number of likely N-dealkylation sites (N-methyl/N-ethyl adjacent to an activating group) is 1. The van der Waals surface area contributed by atoms with Gasteiger partial charge in [0.1, 0.15) is 0 Å². The minimum Gasteiger partial charge on any atom is -0.301 e. The topological polar surface area (TPSA) is 63.1 Å². The number of rotatable bonds is 3. The highest BCUT2D eigenvalue weighted by Crippen LogP contribution is 2.28. The number of hydrogen-bond donors (Lipinski definition) is 1. The molecular formula is C18H19N5OS. The van der Waals surface area contributed by atoms with Crippen LogP contribution in [0.3, 0.4) is 0 Å². The molecule has 1 aliphatic heterocycles. The van der Waals surface area contributed by atoms with E-state index >= 15 is 0 Å². The van der Waals surface area contributed by atoms with Crippen LogP contribution in [0.25, 0.3) is 5.69 Å². The normalized spacial score (nSPS) is 14.3. The summed E-state index contributed by atoms with van der Waals surface area (Å²) in [6.07, 6.45) is 0.931. The third-order valence-electron chi connectivity index (χ3n) is 4.26. The second kappa shape index (κ2) is 6.42. The number of hydrogen-bond acceptors (Lipinski definition) is 5. The van der Waals surface area contributed by atoms with Gasteiger partial charge in [0.2, 0.25) is 0 Å². The number of aryl methyl sites for hydroxylation is 1. The lowest BCUT2D eigenvalue weighted by Gasteiger charge is -2.20. The molecule has 0 atom stereocenters. The minimum absolute atomic E-state index is 0.225. The molecule has 0 spiro atoms. The molecule has 1 amide bonds. The van der Waals surface area contributed by atoms with Crippen LogP contribution in [0, 0.1) is 6.92 Å². The third kappa shape index (κ3) is 3.20. The molecule has 128 valence electrons. The SMILES string of the molecule is Cc1cc(C(=O)Nc2nc3c(s2)CN(C)CC3)nn1-c1ccccc1. The molecule has 1 aromatic carbocycles. The number of nitrogens with zero attached hydrogens (tertiary/aromatic N) is 4. The maximum absolute atomic E-state index is 12.6. The standard InChI is InChI=1S/C18H19N5OS/c1-12-10-15(21-23(12)13-6-4-3-5-7-13)17(24)20-18-19-14-8-9-22(2)11-16(14)25-18/h3-7,10H,8-9,11H2,1-2H3,(H,19,20,24). The van der Waals surface area contributed by atoms with E-state index in [1.165, 1.54) is 4.88 Å². The second-order valence-corrected chi connectivity index (χ2v) is 7.33. The quantitative estimate of drug-likeness (QED) is 0.786. The summed E-state index contributed by atoms with van der Waals surface area (Å²) in [6, 6.07) is 11.6. The lowest BCUT2D eigenvalue weighted by molar-refractivity contribution is 0.102. The van der Waals surface area contributed by atoms with E-state index in [-0.39, 0.29) is 5.91 Å². The fraction of sp³-hybridized carbons (Fsp3) is 0.278. The van der Waals surface area contributed by atoms with Gasteiger partial charge in [0.15, 0.2) is 10.8 Å². The van der Waals surface area contributed by atoms with E-state index in [0.717, 1.165) is 36.6 Å². The maximum atomic E-state index is 12.6. The van der Waals surface area contributed by atoms with E-state index in [9.17, 15) is 4.79 Å². The number of thiazole rings is 1. The van der Waals surface area contributed by atoms with Crippen LogP contribution in [0.2, 0.25) is 0 Å². The first-order valence-corrected chi connectivity index (χ1v) is 9.02. The van der Waals surface area contributed by atoms with Crippen LogP contribution in [-0.2, 0) is 13.0 Å². The zero-order valence-electron chi connectivity index (χ0n) is 14.2. The van der Waals surface area contributed by atoms with Gasteiger partial charge in [-0.3, -0.25) is 10.1 Å². The van der Waals surface area contributed by atoms with E-state index < -0.39 is 0 Å². The van der Waals surface area contributed by atoms with Gasteiger partial charge in [-0.15, -0.1) is 11.3 Å². The van der Waals surface area contributed by atoms with Gasteiger partial charge in [0.25, 0.3) is 5.91 Å². The van der Waals surface area contributed by atoms with Gasteiger partial charge in [0.05, 0.1) is 11.4 Å². The van der Waals surface area contributed by atoms with Crippen LogP contribution in [0.5, 0.6) is 0 Å². The Morgan fingerprint density at radius 2 is 2.08 bits per heavy atom. The first-order valence-electron chi connectivity index (χ1n) is 8.21. The van der Waals surface area contributed by atoms with Gasteiger partial charge in [-0.1, -0.05) is 18.2 Å². The predicted molar refractivity (Wildman–Crippen MR) is 98.4 cm³/mol. The summed E-state index contributed by atoms with van der Waals surface area (Å²) in [6.45, 7) is 3.84. The first-order chi connectivity index (χ1) is 12.1. The lowest BCUT2D eigenvalue weighted by atomic mass is 10.2. The molecule has 0 saturated carbocycles. The average Bonchev–Trinajstić information content (AvgIpc) is 3.18. The zero-order chi connectivity index (χ0) is 17.4. The Morgan fingerprint density at radius 1 is 1.28 bits per heavy atom. The molecule has 0 saturated heterocycles. The van der Waals surface area contributed by atoms with Crippen molar-refractivity contribution in [2.24, 2.45) is 0 Å². The third-order valence-corrected chi connectivity index (χ3v) is 5.26. The molecule has 3 heterocycles. The Hall–Kier alpha value is -2.51. The zero-order valence-corrected chi connectivity index (χ0v) is 15.0. The van der Waals surface area contributed by atoms with Crippen molar-refractivity contribution in [2.45, 2.75) is 19.9 Å². The summed E-state index contributed by atoms with van der Waals surface area (Å²) in [5.41, 5.74) is 3.35. The molecule has 7 heteroatoms. The molecule has 0 radical (unpaired) electrons. The highest BCUT2D eigenvalue weighted by atomic mass is 32.1. The smallest absolute Gasteiger partial charge is 0.277 e. The Labute approximate surface area is 150 Å². The number of anilines is 1. The van der Waals surface area contributed by atoms with Gasteiger partial charge >= 0.3 is 0 Å². The van der Waals surface area contributed by atoms with Crippen LogP contribution in [0.1, 0.15) is 26.8 Å². The number of benzene rings is 1. The highest BCUT2D eigenvalue weighted by molar-refractivity contribution is 7.15. The molecule has 4 rings (SSSR count). The number of aromatic nitrogens is 3. The van der Waals surface area contributed by atoms with Crippen LogP contribution < -0.4 is 5.32 Å². The minimum atomic E-state index is -0.225. The van der Waals surface area contributed by atoms with Crippen molar-refractivity contribution in [3.63, 3.8) is 0 Å². The van der Waals surface area contributed by atoms with Gasteiger partial charge < -0.3 is 4.90 Å². The van der Waals surface area contributed by atoms with Gasteiger partial charge in [-0.05, 0) is 32.2 Å². The van der Waals surface area contributed by atoms with Crippen molar-refractivity contribution in [2.75, 3.05) is 18.9 Å². The van der Waals surface area contributed by atoms with Gasteiger partial charge in [-0.2, -0.15) is 5.10 Å². The summed E-state index contributed by atoms with van der Waals surface area (Å²) in [4.78, 5) is 20.6. The molecule has 0 fully saturated rings. The Bertz CT molecular complexity index is 915. The molecule has 2 aromatic heterocycles. The molecule has 6 nitrogen and oxygen atoms in total. The first kappa shape index (κ1) is 16.0. The Morgan fingerprint density at radius 3 is 2.88 bits per heavy atom. The average molecular weight is 353 g/mol. The molecular weight excluding hydrogens is 334 g/mol. The monoisotopic (exact) mass is 353 g/mol. The van der Waals surface area contributed by atoms with Crippen molar-refractivity contribution in [3.8, 4) is 5.69 Å². The van der Waals surface area contributed by atoms with Crippen LogP contribution >= 0.6 is 11.3 Å². The Balaban J connectivity index is 1.54. The lowest BCUT2D eigenvalue weighted by Crippen LogP contribution is -2.25. The number of para-hydroxylation sites is 1. The van der Waals surface area contributed by atoms with Crippen molar-refractivity contribution >= 4 is 22.4 Å². The van der Waals surface area contributed by atoms with Crippen LogP contribution in [0.4, 0.5) is 5.13 Å². The fourth-order valence-electron chi connectivity index (χ4n) is 2.95. The molecule has 25 heavy (non-hydrogen) atoms. The number of fused-ring (bicyclic) bond motifs is 1. The fourth-order valence-corrected chi connectivity index (χ4v) is 4.04.